The van der Waals surface area contributed by atoms with Crippen LogP contribution in [0.25, 0.3) is 0 Å². The van der Waals surface area contributed by atoms with Crippen LogP contribution in [0.5, 0.6) is 0 Å². The lowest BCUT2D eigenvalue weighted by Crippen LogP contribution is -2.37. The minimum atomic E-state index is 0.319. The van der Waals surface area contributed by atoms with E-state index >= 15 is 0 Å². The summed E-state index contributed by atoms with van der Waals surface area (Å²) in [7, 11) is 0. The quantitative estimate of drug-likeness (QED) is 0.516. The summed E-state index contributed by atoms with van der Waals surface area (Å²) in [5.41, 5.74) is 11.0. The fraction of sp³-hybridized carbons (Fsp3) is 0.400. The molecule has 2 aromatic carbocycles. The molecule has 0 aliphatic rings. The van der Waals surface area contributed by atoms with Gasteiger partial charge in [-0.2, -0.15) is 0 Å². The van der Waals surface area contributed by atoms with Crippen molar-refractivity contribution in [2.45, 2.75) is 67.5 Å². The largest absolute Gasteiger partial charge is 0.244 e. The Balaban J connectivity index is 1.96. The van der Waals surface area contributed by atoms with E-state index in [1.165, 1.54) is 44.5 Å². The normalized spacial score (nSPS) is 13.6. The molecule has 0 fully saturated rings. The van der Waals surface area contributed by atoms with Crippen LogP contribution in [0.4, 0.5) is 0 Å². The zero-order valence-electron chi connectivity index (χ0n) is 18.1. The number of hydrogen-bond donors (Lipinski definition) is 0. The molecule has 0 aliphatic carbocycles. The molecule has 1 heterocycles. The number of imidazole rings is 1. The van der Waals surface area contributed by atoms with Crippen LogP contribution in [0, 0.1) is 41.5 Å². The number of nitrogens with zero attached hydrogens (tertiary/aromatic N) is 2. The Morgan fingerprint density at radius 1 is 0.704 bits per heavy atom. The van der Waals surface area contributed by atoms with Crippen molar-refractivity contribution in [3.05, 3.63) is 87.5 Å². The van der Waals surface area contributed by atoms with E-state index in [4.69, 9.17) is 0 Å². The molecular weight excluding hydrogens is 328 g/mol. The highest BCUT2D eigenvalue weighted by Crippen LogP contribution is 2.27. The molecule has 0 unspecified atom stereocenters. The van der Waals surface area contributed by atoms with E-state index in [0.29, 0.717) is 12.1 Å². The van der Waals surface area contributed by atoms with Crippen LogP contribution >= 0.6 is 0 Å². The lowest BCUT2D eigenvalue weighted by molar-refractivity contribution is -0.710. The first kappa shape index (κ1) is 19.4. The maximum absolute atomic E-state index is 2.33. The summed E-state index contributed by atoms with van der Waals surface area (Å²) >= 11 is 0. The predicted molar refractivity (Wildman–Crippen MR) is 114 cm³/mol. The number of aromatic nitrogens is 2. The second-order valence-corrected chi connectivity index (χ2v) is 8.28. The summed E-state index contributed by atoms with van der Waals surface area (Å²) < 4.78 is 4.67. The lowest BCUT2D eigenvalue weighted by atomic mass is 9.94. The second kappa shape index (κ2) is 7.34. The molecule has 0 spiro atoms. The van der Waals surface area contributed by atoms with Crippen LogP contribution in [0.2, 0.25) is 0 Å². The van der Waals surface area contributed by atoms with Crippen LogP contribution in [-0.4, -0.2) is 4.57 Å². The SMILES string of the molecule is Cc1cc(C)c([C@@H](C)n2cc[n+]([C@H](C)c3c(C)cc(C)cc3C)c2)c(C)c1. The molecule has 0 aliphatic heterocycles. The molecule has 0 N–H and O–H groups in total. The molecule has 2 atom stereocenters. The summed E-state index contributed by atoms with van der Waals surface area (Å²) in [6, 6.07) is 9.80. The van der Waals surface area contributed by atoms with E-state index in [1.807, 2.05) is 0 Å². The van der Waals surface area contributed by atoms with Gasteiger partial charge in [-0.05, 0) is 77.6 Å². The van der Waals surface area contributed by atoms with Crippen molar-refractivity contribution < 1.29 is 4.57 Å². The van der Waals surface area contributed by atoms with Crippen LogP contribution in [0.3, 0.4) is 0 Å². The summed E-state index contributed by atoms with van der Waals surface area (Å²) in [4.78, 5) is 0. The Morgan fingerprint density at radius 3 is 1.63 bits per heavy atom. The van der Waals surface area contributed by atoms with Crippen molar-refractivity contribution >= 4 is 0 Å². The van der Waals surface area contributed by atoms with Gasteiger partial charge in [0.15, 0.2) is 0 Å². The van der Waals surface area contributed by atoms with Gasteiger partial charge in [-0.25, -0.2) is 9.13 Å². The first-order valence-electron chi connectivity index (χ1n) is 9.92. The van der Waals surface area contributed by atoms with Crippen LogP contribution in [-0.2, 0) is 0 Å². The molecule has 0 bridgehead atoms. The van der Waals surface area contributed by atoms with E-state index < -0.39 is 0 Å². The molecule has 2 nitrogen and oxygen atoms in total. The van der Waals surface area contributed by atoms with Crippen molar-refractivity contribution in [3.63, 3.8) is 0 Å². The van der Waals surface area contributed by atoms with Crippen molar-refractivity contribution in [2.24, 2.45) is 0 Å². The highest BCUT2D eigenvalue weighted by Gasteiger charge is 2.22. The first-order valence-corrected chi connectivity index (χ1v) is 9.92. The van der Waals surface area contributed by atoms with Crippen LogP contribution in [0.1, 0.15) is 70.4 Å². The van der Waals surface area contributed by atoms with Crippen LogP contribution in [0.15, 0.2) is 43.0 Å². The number of benzene rings is 2. The molecule has 3 rings (SSSR count). The monoisotopic (exact) mass is 361 g/mol. The summed E-state index contributed by atoms with van der Waals surface area (Å²) in [5.74, 6) is 0. The average Bonchev–Trinajstić information content (AvgIpc) is 3.02. The minimum absolute atomic E-state index is 0.319. The Morgan fingerprint density at radius 2 is 1.15 bits per heavy atom. The number of rotatable bonds is 4. The molecule has 142 valence electrons. The third kappa shape index (κ3) is 3.71. The third-order valence-corrected chi connectivity index (χ3v) is 5.88. The molecule has 0 radical (unpaired) electrons. The van der Waals surface area contributed by atoms with Gasteiger partial charge < -0.3 is 0 Å². The Labute approximate surface area is 164 Å². The molecule has 0 saturated carbocycles. The standard InChI is InChI=1S/C25H33N2/c1-16-11-18(3)24(19(4)12-16)22(7)26-9-10-27(15-26)23(8)25-20(5)13-17(2)14-21(25)6/h9-15,22-23H,1-8H3/q+1/t22-,23-/m1/s1. The van der Waals surface area contributed by atoms with E-state index in [0.717, 1.165) is 0 Å². The highest BCUT2D eigenvalue weighted by molar-refractivity contribution is 5.40. The van der Waals surface area contributed by atoms with Gasteiger partial charge in [0.25, 0.3) is 0 Å². The van der Waals surface area contributed by atoms with Crippen LogP contribution < -0.4 is 4.57 Å². The van der Waals surface area contributed by atoms with Gasteiger partial charge in [-0.15, -0.1) is 0 Å². The van der Waals surface area contributed by atoms with Gasteiger partial charge in [-0.1, -0.05) is 35.4 Å². The Bertz CT molecular complexity index is 854. The Hall–Kier alpha value is -2.35. The number of aryl methyl sites for hydroxylation is 6. The van der Waals surface area contributed by atoms with Gasteiger partial charge in [0, 0.05) is 11.1 Å². The van der Waals surface area contributed by atoms with Gasteiger partial charge in [-0.3, -0.25) is 0 Å². The van der Waals surface area contributed by atoms with E-state index in [2.05, 4.69) is 108 Å². The molecule has 27 heavy (non-hydrogen) atoms. The van der Waals surface area contributed by atoms with Crippen molar-refractivity contribution in [1.29, 1.82) is 0 Å². The Kier molecular flexibility index (Phi) is 5.28. The molecule has 2 heteroatoms. The second-order valence-electron chi connectivity index (χ2n) is 8.28. The molecule has 0 saturated heterocycles. The maximum atomic E-state index is 2.33. The highest BCUT2D eigenvalue weighted by atomic mass is 15.1. The molecule has 3 aromatic rings. The van der Waals surface area contributed by atoms with Gasteiger partial charge in [0.2, 0.25) is 6.33 Å². The predicted octanol–water partition coefficient (Wildman–Crippen LogP) is 5.84. The van der Waals surface area contributed by atoms with Crippen molar-refractivity contribution in [2.75, 3.05) is 0 Å². The van der Waals surface area contributed by atoms with Gasteiger partial charge >= 0.3 is 0 Å². The third-order valence-electron chi connectivity index (χ3n) is 5.88. The fourth-order valence-corrected chi connectivity index (χ4v) is 4.84. The molecular formula is C25H33N2+. The van der Waals surface area contributed by atoms with Gasteiger partial charge in [0.1, 0.15) is 24.5 Å². The minimum Gasteiger partial charge on any atom is -0.230 e. The first-order chi connectivity index (χ1) is 12.7. The smallest absolute Gasteiger partial charge is 0.230 e. The fourth-order valence-electron chi connectivity index (χ4n) is 4.84. The number of hydrogen-bond acceptors (Lipinski definition) is 0. The molecule has 0 amide bonds. The van der Waals surface area contributed by atoms with Gasteiger partial charge in [0.05, 0.1) is 0 Å². The summed E-state index contributed by atoms with van der Waals surface area (Å²) in [6.07, 6.45) is 6.67. The van der Waals surface area contributed by atoms with E-state index in [1.54, 1.807) is 0 Å². The maximum Gasteiger partial charge on any atom is 0.244 e. The van der Waals surface area contributed by atoms with E-state index in [9.17, 15) is 0 Å². The lowest BCUT2D eigenvalue weighted by Gasteiger charge is -2.17. The topological polar surface area (TPSA) is 8.81 Å². The van der Waals surface area contributed by atoms with E-state index in [-0.39, 0.29) is 0 Å². The summed E-state index contributed by atoms with van der Waals surface area (Å²) in [6.45, 7) is 17.8. The molecule has 1 aromatic heterocycles. The summed E-state index contributed by atoms with van der Waals surface area (Å²) in [5, 5.41) is 0. The zero-order chi connectivity index (χ0) is 19.9. The zero-order valence-corrected chi connectivity index (χ0v) is 18.1. The van der Waals surface area contributed by atoms with Crippen molar-refractivity contribution in [1.82, 2.24) is 4.57 Å². The van der Waals surface area contributed by atoms with Crippen molar-refractivity contribution in [3.8, 4) is 0 Å². The average molecular weight is 362 g/mol.